The van der Waals surface area contributed by atoms with Crippen LogP contribution in [0.4, 0.5) is 0 Å². The molecular formula is C8H13IO3. The number of carbonyl (C=O) groups is 1. The van der Waals surface area contributed by atoms with Gasteiger partial charge in [-0.05, 0) is 32.6 Å². The highest BCUT2D eigenvalue weighted by Crippen LogP contribution is 2.09. The van der Waals surface area contributed by atoms with E-state index in [1.807, 2.05) is 6.92 Å². The van der Waals surface area contributed by atoms with Crippen molar-refractivity contribution in [3.05, 3.63) is 9.66 Å². The van der Waals surface area contributed by atoms with Crippen molar-refractivity contribution in [3.8, 4) is 0 Å². The van der Waals surface area contributed by atoms with Gasteiger partial charge in [-0.2, -0.15) is 0 Å². The van der Waals surface area contributed by atoms with Crippen molar-refractivity contribution >= 4 is 28.6 Å². The lowest BCUT2D eigenvalue weighted by Gasteiger charge is -2.00. The summed E-state index contributed by atoms with van der Waals surface area (Å²) in [6.45, 7) is 2.75. The summed E-state index contributed by atoms with van der Waals surface area (Å²) >= 11 is 2.11. The molecule has 0 aromatic rings. The summed E-state index contributed by atoms with van der Waals surface area (Å²) in [5, 5.41) is 0. The summed E-state index contributed by atoms with van der Waals surface area (Å²) in [5.74, 6) is -0.293. The Labute approximate surface area is 86.3 Å². The first-order chi connectivity index (χ1) is 5.70. The molecule has 0 N–H and O–H groups in total. The van der Waals surface area contributed by atoms with E-state index in [9.17, 15) is 4.79 Å². The molecule has 0 aromatic heterocycles. The van der Waals surface area contributed by atoms with Gasteiger partial charge in [0.25, 0.3) is 0 Å². The Morgan fingerprint density at radius 2 is 2.17 bits per heavy atom. The summed E-state index contributed by atoms with van der Waals surface area (Å²) in [6, 6.07) is 0. The van der Waals surface area contributed by atoms with Crippen LogP contribution >= 0.6 is 22.6 Å². The fourth-order valence-corrected chi connectivity index (χ4v) is 0.751. The molecule has 4 heteroatoms. The van der Waals surface area contributed by atoms with Crippen molar-refractivity contribution in [1.29, 1.82) is 0 Å². The van der Waals surface area contributed by atoms with Gasteiger partial charge in [-0.1, -0.05) is 6.92 Å². The molecule has 0 heterocycles. The predicted octanol–water partition coefficient (Wildman–Crippen LogP) is 1.90. The van der Waals surface area contributed by atoms with Crippen LogP contribution in [0.1, 0.15) is 13.3 Å². The van der Waals surface area contributed by atoms with E-state index < -0.39 is 0 Å². The number of methoxy groups -OCH3 is 1. The van der Waals surface area contributed by atoms with Crippen molar-refractivity contribution in [2.75, 3.05) is 20.3 Å². The van der Waals surface area contributed by atoms with Crippen molar-refractivity contribution in [3.63, 3.8) is 0 Å². The number of hydrogen-bond acceptors (Lipinski definition) is 3. The molecule has 0 aromatic carbocycles. The van der Waals surface area contributed by atoms with E-state index in [0.29, 0.717) is 13.2 Å². The van der Waals surface area contributed by atoms with Crippen LogP contribution in [-0.2, 0) is 14.3 Å². The van der Waals surface area contributed by atoms with Crippen LogP contribution in [0.3, 0.4) is 0 Å². The molecule has 0 aliphatic heterocycles. The van der Waals surface area contributed by atoms with Gasteiger partial charge in [0.15, 0.2) is 0 Å². The summed E-state index contributed by atoms with van der Waals surface area (Å²) in [5.41, 5.74) is 0. The molecule has 0 fully saturated rings. The number of ether oxygens (including phenoxy) is 2. The van der Waals surface area contributed by atoms with Gasteiger partial charge >= 0.3 is 5.97 Å². The van der Waals surface area contributed by atoms with Crippen LogP contribution in [-0.4, -0.2) is 26.3 Å². The van der Waals surface area contributed by atoms with E-state index in [4.69, 9.17) is 9.47 Å². The molecule has 12 heavy (non-hydrogen) atoms. The van der Waals surface area contributed by atoms with E-state index in [0.717, 1.165) is 10.0 Å². The van der Waals surface area contributed by atoms with Crippen molar-refractivity contribution in [1.82, 2.24) is 0 Å². The number of halogens is 1. The Bertz CT molecular complexity index is 166. The highest BCUT2D eigenvalue weighted by molar-refractivity contribution is 14.1. The molecule has 0 aliphatic carbocycles. The second-order valence-corrected chi connectivity index (χ2v) is 3.49. The molecule has 0 bridgehead atoms. The fourth-order valence-electron chi connectivity index (χ4n) is 0.497. The van der Waals surface area contributed by atoms with E-state index in [1.165, 1.54) is 6.08 Å². The zero-order valence-corrected chi connectivity index (χ0v) is 9.46. The van der Waals surface area contributed by atoms with Gasteiger partial charge in [-0.25, -0.2) is 4.79 Å². The average molecular weight is 284 g/mol. The lowest BCUT2D eigenvalue weighted by Crippen LogP contribution is -2.07. The quantitative estimate of drug-likeness (QED) is 0.335. The topological polar surface area (TPSA) is 35.5 Å². The van der Waals surface area contributed by atoms with Gasteiger partial charge in [0.2, 0.25) is 0 Å². The van der Waals surface area contributed by atoms with Crippen LogP contribution < -0.4 is 0 Å². The van der Waals surface area contributed by atoms with Gasteiger partial charge in [0.1, 0.15) is 6.61 Å². The smallest absolute Gasteiger partial charge is 0.331 e. The largest absolute Gasteiger partial charge is 0.460 e. The molecule has 0 amide bonds. The highest BCUT2D eigenvalue weighted by atomic mass is 127. The molecule has 0 rings (SSSR count). The number of allylic oxidation sites excluding steroid dienone is 1. The van der Waals surface area contributed by atoms with Crippen LogP contribution in [0.2, 0.25) is 0 Å². The van der Waals surface area contributed by atoms with E-state index in [1.54, 1.807) is 7.11 Å². The van der Waals surface area contributed by atoms with Gasteiger partial charge in [0, 0.05) is 13.2 Å². The molecule has 3 nitrogen and oxygen atoms in total. The van der Waals surface area contributed by atoms with Gasteiger partial charge < -0.3 is 9.47 Å². The minimum atomic E-state index is -0.293. The maximum absolute atomic E-state index is 10.9. The summed E-state index contributed by atoms with van der Waals surface area (Å²) in [6.07, 6.45) is 2.36. The molecular weight excluding hydrogens is 271 g/mol. The first-order valence-corrected chi connectivity index (χ1v) is 4.80. The maximum atomic E-state index is 10.9. The lowest BCUT2D eigenvalue weighted by molar-refractivity contribution is -0.139. The molecule has 70 valence electrons. The zero-order chi connectivity index (χ0) is 9.40. The minimum absolute atomic E-state index is 0.293. The Morgan fingerprint density at radius 1 is 1.50 bits per heavy atom. The molecule has 0 aliphatic rings. The van der Waals surface area contributed by atoms with Crippen molar-refractivity contribution < 1.29 is 14.3 Å². The normalized spacial score (nSPS) is 11.4. The van der Waals surface area contributed by atoms with E-state index in [2.05, 4.69) is 22.6 Å². The molecule has 0 spiro atoms. The highest BCUT2D eigenvalue weighted by Gasteiger charge is 1.98. The first-order valence-electron chi connectivity index (χ1n) is 3.72. The minimum Gasteiger partial charge on any atom is -0.460 e. The second kappa shape index (κ2) is 7.54. The summed E-state index contributed by atoms with van der Waals surface area (Å²) in [7, 11) is 1.57. The van der Waals surface area contributed by atoms with E-state index >= 15 is 0 Å². The summed E-state index contributed by atoms with van der Waals surface area (Å²) in [4.78, 5) is 10.9. The predicted molar refractivity (Wildman–Crippen MR) is 55.2 cm³/mol. The Kier molecular flexibility index (Phi) is 7.48. The first kappa shape index (κ1) is 11.9. The average Bonchev–Trinajstić information content (AvgIpc) is 2.05. The van der Waals surface area contributed by atoms with Crippen LogP contribution in [0.15, 0.2) is 9.66 Å². The number of hydrogen-bond donors (Lipinski definition) is 0. The Morgan fingerprint density at radius 3 is 2.67 bits per heavy atom. The third-order valence-electron chi connectivity index (χ3n) is 1.14. The zero-order valence-electron chi connectivity index (χ0n) is 7.30. The molecule has 0 saturated carbocycles. The van der Waals surface area contributed by atoms with Crippen LogP contribution in [0.5, 0.6) is 0 Å². The third kappa shape index (κ3) is 6.60. The van der Waals surface area contributed by atoms with Crippen molar-refractivity contribution in [2.24, 2.45) is 0 Å². The third-order valence-corrected chi connectivity index (χ3v) is 2.22. The van der Waals surface area contributed by atoms with Crippen molar-refractivity contribution in [2.45, 2.75) is 13.3 Å². The Balaban J connectivity index is 3.59. The van der Waals surface area contributed by atoms with Crippen LogP contribution in [0, 0.1) is 0 Å². The number of esters is 1. The van der Waals surface area contributed by atoms with Gasteiger partial charge in [-0.15, -0.1) is 0 Å². The maximum Gasteiger partial charge on any atom is 0.331 e. The SMILES string of the molecule is CC/C(I)=C/C(=O)OCCOC. The lowest BCUT2D eigenvalue weighted by atomic mass is 10.4. The molecule has 0 radical (unpaired) electrons. The van der Waals surface area contributed by atoms with Gasteiger partial charge in [-0.3, -0.25) is 0 Å². The second-order valence-electron chi connectivity index (χ2n) is 2.11. The Hall–Kier alpha value is -0.100. The fraction of sp³-hybridized carbons (Fsp3) is 0.625. The monoisotopic (exact) mass is 284 g/mol. The summed E-state index contributed by atoms with van der Waals surface area (Å²) < 4.78 is 10.5. The molecule has 0 atom stereocenters. The van der Waals surface area contributed by atoms with Gasteiger partial charge in [0.05, 0.1) is 6.61 Å². The van der Waals surface area contributed by atoms with E-state index in [-0.39, 0.29) is 5.97 Å². The van der Waals surface area contributed by atoms with Crippen LogP contribution in [0.25, 0.3) is 0 Å². The number of rotatable bonds is 5. The standard InChI is InChI=1S/C8H13IO3/c1-3-7(9)6-8(10)12-5-4-11-2/h6H,3-5H2,1-2H3/b7-6-. The molecule has 0 unspecified atom stereocenters. The number of carbonyl (C=O) groups excluding carboxylic acids is 1. The molecule has 0 saturated heterocycles.